The number of carbonyl (C=O) groups excluding carboxylic acids is 2. The number of carbonyl (C=O) groups is 2. The third kappa shape index (κ3) is 6.84. The van der Waals surface area contributed by atoms with E-state index in [1.165, 1.54) is 0 Å². The van der Waals surface area contributed by atoms with Gasteiger partial charge in [0.1, 0.15) is 5.75 Å². The van der Waals surface area contributed by atoms with Crippen LogP contribution in [0, 0.1) is 5.92 Å². The maximum absolute atomic E-state index is 12.5. The summed E-state index contributed by atoms with van der Waals surface area (Å²) in [5, 5.41) is 5.77. The van der Waals surface area contributed by atoms with Crippen molar-refractivity contribution in [1.29, 1.82) is 0 Å². The maximum Gasteiger partial charge on any atom is 0.257 e. The molecule has 0 radical (unpaired) electrons. The van der Waals surface area contributed by atoms with E-state index in [-0.39, 0.29) is 16.9 Å². The summed E-state index contributed by atoms with van der Waals surface area (Å²) in [6.45, 7) is 9.94. The molecule has 0 saturated heterocycles. The van der Waals surface area contributed by atoms with Gasteiger partial charge in [0, 0.05) is 29.9 Å². The fraction of sp³-hybridized carbons (Fsp3) is 0.348. The Morgan fingerprint density at radius 3 is 2.30 bits per heavy atom. The highest BCUT2D eigenvalue weighted by Gasteiger charge is 2.13. The Bertz CT molecular complexity index is 878. The number of amides is 2. The lowest BCUT2D eigenvalue weighted by atomic mass is 10.1. The van der Waals surface area contributed by atoms with Crippen molar-refractivity contribution in [2.75, 3.05) is 25.0 Å². The molecule has 2 N–H and O–H groups in total. The molecule has 0 atom stereocenters. The van der Waals surface area contributed by atoms with Crippen molar-refractivity contribution in [1.82, 2.24) is 10.2 Å². The van der Waals surface area contributed by atoms with Gasteiger partial charge in [0.05, 0.1) is 6.61 Å². The molecule has 30 heavy (non-hydrogen) atoms. The number of benzene rings is 2. The molecule has 0 unspecified atom stereocenters. The first-order valence-electron chi connectivity index (χ1n) is 10.1. The van der Waals surface area contributed by atoms with Crippen molar-refractivity contribution in [2.45, 2.75) is 27.7 Å². The zero-order valence-corrected chi connectivity index (χ0v) is 18.7. The monoisotopic (exact) mass is 427 g/mol. The summed E-state index contributed by atoms with van der Waals surface area (Å²) in [5.74, 6) is 0.782. The van der Waals surface area contributed by atoms with Crippen molar-refractivity contribution in [3.05, 3.63) is 59.7 Å². The van der Waals surface area contributed by atoms with Crippen molar-refractivity contribution < 1.29 is 14.3 Å². The van der Waals surface area contributed by atoms with E-state index in [1.807, 2.05) is 13.8 Å². The molecular formula is C23H29N3O3S. The zero-order valence-electron chi connectivity index (χ0n) is 17.9. The van der Waals surface area contributed by atoms with E-state index >= 15 is 0 Å². The Morgan fingerprint density at radius 2 is 1.70 bits per heavy atom. The number of hydrogen-bond donors (Lipinski definition) is 2. The number of nitrogens with one attached hydrogen (secondary N) is 2. The number of ether oxygens (including phenoxy) is 1. The van der Waals surface area contributed by atoms with E-state index in [1.54, 1.807) is 53.4 Å². The minimum atomic E-state index is -0.321. The van der Waals surface area contributed by atoms with Crippen LogP contribution in [0.25, 0.3) is 0 Å². The predicted molar refractivity (Wildman–Crippen MR) is 124 cm³/mol. The molecule has 0 bridgehead atoms. The lowest BCUT2D eigenvalue weighted by Crippen LogP contribution is -2.34. The van der Waals surface area contributed by atoms with Gasteiger partial charge in [-0.05, 0) is 74.4 Å². The summed E-state index contributed by atoms with van der Waals surface area (Å²) in [6, 6.07) is 14.0. The molecule has 0 aliphatic rings. The van der Waals surface area contributed by atoms with Gasteiger partial charge in [-0.25, -0.2) is 0 Å². The molecule has 2 rings (SSSR count). The van der Waals surface area contributed by atoms with E-state index in [2.05, 4.69) is 24.5 Å². The van der Waals surface area contributed by atoms with Crippen molar-refractivity contribution in [3.63, 3.8) is 0 Å². The second kappa shape index (κ2) is 11.3. The molecule has 0 aliphatic heterocycles. The van der Waals surface area contributed by atoms with Crippen LogP contribution in [0.15, 0.2) is 48.5 Å². The Hall–Kier alpha value is -2.93. The molecule has 6 nitrogen and oxygen atoms in total. The van der Waals surface area contributed by atoms with Crippen LogP contribution in [0.4, 0.5) is 5.69 Å². The quantitative estimate of drug-likeness (QED) is 0.614. The van der Waals surface area contributed by atoms with Gasteiger partial charge < -0.3 is 15.0 Å². The van der Waals surface area contributed by atoms with Crippen molar-refractivity contribution in [3.8, 4) is 5.75 Å². The molecular weight excluding hydrogens is 398 g/mol. The Labute approximate surface area is 183 Å². The first-order valence-corrected chi connectivity index (χ1v) is 10.5. The third-order valence-corrected chi connectivity index (χ3v) is 4.55. The highest BCUT2D eigenvalue weighted by molar-refractivity contribution is 7.80. The summed E-state index contributed by atoms with van der Waals surface area (Å²) in [6.07, 6.45) is 0. The van der Waals surface area contributed by atoms with E-state index in [9.17, 15) is 9.59 Å². The van der Waals surface area contributed by atoms with Crippen LogP contribution >= 0.6 is 12.2 Å². The second-order valence-electron chi connectivity index (χ2n) is 7.20. The molecule has 0 aliphatic carbocycles. The van der Waals surface area contributed by atoms with Gasteiger partial charge in [0.25, 0.3) is 11.8 Å². The van der Waals surface area contributed by atoms with E-state index in [4.69, 9.17) is 17.0 Å². The van der Waals surface area contributed by atoms with Crippen LogP contribution in [0.1, 0.15) is 48.4 Å². The Morgan fingerprint density at radius 1 is 1.03 bits per heavy atom. The summed E-state index contributed by atoms with van der Waals surface area (Å²) >= 11 is 5.25. The average Bonchev–Trinajstić information content (AvgIpc) is 2.73. The van der Waals surface area contributed by atoms with Gasteiger partial charge in [0.2, 0.25) is 0 Å². The minimum Gasteiger partial charge on any atom is -0.493 e. The second-order valence-corrected chi connectivity index (χ2v) is 7.60. The molecule has 160 valence electrons. The Balaban J connectivity index is 1.96. The van der Waals surface area contributed by atoms with E-state index < -0.39 is 0 Å². The molecule has 0 saturated carbocycles. The van der Waals surface area contributed by atoms with Crippen LogP contribution in [-0.2, 0) is 0 Å². The summed E-state index contributed by atoms with van der Waals surface area (Å²) < 4.78 is 5.62. The van der Waals surface area contributed by atoms with Crippen LogP contribution in [-0.4, -0.2) is 41.5 Å². The fourth-order valence-electron chi connectivity index (χ4n) is 2.73. The van der Waals surface area contributed by atoms with Gasteiger partial charge in [-0.2, -0.15) is 0 Å². The number of anilines is 1. The molecule has 2 amide bonds. The zero-order chi connectivity index (χ0) is 22.1. The number of thiocarbonyl (C=S) groups is 1. The van der Waals surface area contributed by atoms with Crippen molar-refractivity contribution in [2.24, 2.45) is 5.92 Å². The third-order valence-electron chi connectivity index (χ3n) is 4.34. The molecule has 0 spiro atoms. The predicted octanol–water partition coefficient (Wildman–Crippen LogP) is 4.33. The Kier molecular flexibility index (Phi) is 8.80. The smallest absolute Gasteiger partial charge is 0.257 e. The SMILES string of the molecule is CCN(CC)C(=O)c1cccc(NC(=S)NC(=O)c2ccc(OCC(C)C)cc2)c1. The minimum absolute atomic E-state index is 0.0432. The summed E-state index contributed by atoms with van der Waals surface area (Å²) in [7, 11) is 0. The van der Waals surface area contributed by atoms with Crippen LogP contribution < -0.4 is 15.4 Å². The highest BCUT2D eigenvalue weighted by Crippen LogP contribution is 2.15. The topological polar surface area (TPSA) is 70.7 Å². The largest absolute Gasteiger partial charge is 0.493 e. The molecule has 0 aromatic heterocycles. The normalized spacial score (nSPS) is 10.4. The van der Waals surface area contributed by atoms with Crippen LogP contribution in [0.5, 0.6) is 5.75 Å². The van der Waals surface area contributed by atoms with Gasteiger partial charge in [-0.1, -0.05) is 19.9 Å². The standard InChI is InChI=1S/C23H29N3O3S/c1-5-26(6-2)22(28)18-8-7-9-19(14-18)24-23(30)25-21(27)17-10-12-20(13-11-17)29-15-16(3)4/h7-14,16H,5-6,15H2,1-4H3,(H2,24,25,27,30). The fourth-order valence-corrected chi connectivity index (χ4v) is 2.94. The van der Waals surface area contributed by atoms with E-state index in [0.717, 1.165) is 5.75 Å². The molecule has 2 aromatic carbocycles. The van der Waals surface area contributed by atoms with E-state index in [0.29, 0.717) is 42.4 Å². The van der Waals surface area contributed by atoms with Crippen LogP contribution in [0.3, 0.4) is 0 Å². The molecule has 7 heteroatoms. The van der Waals surface area contributed by atoms with Crippen LogP contribution in [0.2, 0.25) is 0 Å². The first-order chi connectivity index (χ1) is 14.3. The molecule has 0 fully saturated rings. The molecule has 0 heterocycles. The van der Waals surface area contributed by atoms with Gasteiger partial charge in [-0.15, -0.1) is 0 Å². The van der Waals surface area contributed by atoms with Gasteiger partial charge in [-0.3, -0.25) is 14.9 Å². The number of nitrogens with zero attached hydrogens (tertiary/aromatic N) is 1. The lowest BCUT2D eigenvalue weighted by Gasteiger charge is -2.19. The number of hydrogen-bond acceptors (Lipinski definition) is 4. The van der Waals surface area contributed by atoms with Crippen molar-refractivity contribution >= 4 is 34.8 Å². The average molecular weight is 428 g/mol. The number of rotatable bonds is 8. The molecule has 2 aromatic rings. The van der Waals surface area contributed by atoms with Gasteiger partial charge >= 0.3 is 0 Å². The highest BCUT2D eigenvalue weighted by atomic mass is 32.1. The maximum atomic E-state index is 12.5. The first kappa shape index (κ1) is 23.3. The summed E-state index contributed by atoms with van der Waals surface area (Å²) in [4.78, 5) is 26.7. The summed E-state index contributed by atoms with van der Waals surface area (Å²) in [5.41, 5.74) is 1.67. The lowest BCUT2D eigenvalue weighted by molar-refractivity contribution is 0.0772. The van der Waals surface area contributed by atoms with Gasteiger partial charge in [0.15, 0.2) is 5.11 Å².